The molecule has 0 aliphatic rings. The normalized spacial score (nSPS) is 13.6. The lowest BCUT2D eigenvalue weighted by Crippen LogP contribution is -2.54. The van der Waals surface area contributed by atoms with Crippen LogP contribution in [-0.4, -0.2) is 71.7 Å². The molecular weight excluding hydrogens is 404 g/mol. The number of primary amides is 1. The molecule has 0 aliphatic heterocycles. The number of aliphatic carboxylic acids is 1. The van der Waals surface area contributed by atoms with E-state index in [1.54, 1.807) is 0 Å². The number of hydrogen-bond donors (Lipinski definition) is 8. The topological polar surface area (TPSA) is 220 Å². The van der Waals surface area contributed by atoms with Crippen LogP contribution >= 0.6 is 12.6 Å². The summed E-state index contributed by atoms with van der Waals surface area (Å²) < 4.78 is 0. The molecule has 0 spiro atoms. The fourth-order valence-corrected chi connectivity index (χ4v) is 2.45. The van der Waals surface area contributed by atoms with Gasteiger partial charge in [0.2, 0.25) is 23.6 Å². The molecular formula is C16H30N6O6S. The third kappa shape index (κ3) is 11.9. The maximum absolute atomic E-state index is 12.2. The Morgan fingerprint density at radius 3 is 2.14 bits per heavy atom. The Morgan fingerprint density at radius 1 is 0.966 bits per heavy atom. The van der Waals surface area contributed by atoms with Crippen molar-refractivity contribution >= 4 is 42.2 Å². The summed E-state index contributed by atoms with van der Waals surface area (Å²) in [4.78, 5) is 57.9. The fraction of sp³-hybridized carbons (Fsp3) is 0.688. The summed E-state index contributed by atoms with van der Waals surface area (Å²) in [5.74, 6) is -3.94. The molecule has 10 N–H and O–H groups in total. The number of nitrogens with two attached hydrogens (primary N) is 3. The van der Waals surface area contributed by atoms with Crippen LogP contribution < -0.4 is 33.2 Å². The standard InChI is InChI=1S/C16H30N6O6S/c17-6-2-1-3-10(16(27)28)22-15(26)11(8-29)21-13(24)7-20-14(25)9(18)4-5-12(19)23/h9-11,29H,1-8,17-18H2,(H2,19,23)(H,20,25)(H,21,24)(H,22,26)(H,27,28). The minimum atomic E-state index is -1.20. The summed E-state index contributed by atoms with van der Waals surface area (Å²) in [6, 6.07) is -3.22. The van der Waals surface area contributed by atoms with E-state index in [0.717, 1.165) is 0 Å². The van der Waals surface area contributed by atoms with Gasteiger partial charge in [0.05, 0.1) is 12.6 Å². The Labute approximate surface area is 174 Å². The monoisotopic (exact) mass is 434 g/mol. The Balaban J connectivity index is 4.54. The molecule has 0 rings (SSSR count). The lowest BCUT2D eigenvalue weighted by Gasteiger charge is -2.20. The Hall–Kier alpha value is -2.38. The van der Waals surface area contributed by atoms with E-state index in [1.807, 2.05) is 0 Å². The average Bonchev–Trinajstić information content (AvgIpc) is 2.67. The van der Waals surface area contributed by atoms with Crippen LogP contribution in [0.5, 0.6) is 0 Å². The van der Waals surface area contributed by atoms with Gasteiger partial charge in [-0.2, -0.15) is 12.6 Å². The second-order valence-electron chi connectivity index (χ2n) is 6.32. The zero-order valence-electron chi connectivity index (χ0n) is 16.1. The lowest BCUT2D eigenvalue weighted by atomic mass is 10.1. The number of rotatable bonds is 15. The molecule has 0 aromatic heterocycles. The first-order valence-electron chi connectivity index (χ1n) is 9.07. The summed E-state index contributed by atoms with van der Waals surface area (Å²) in [6.45, 7) is -0.0486. The molecule has 0 bridgehead atoms. The molecule has 0 aromatic rings. The van der Waals surface area contributed by atoms with Crippen LogP contribution in [0.15, 0.2) is 0 Å². The van der Waals surface area contributed by atoms with E-state index in [2.05, 4.69) is 28.6 Å². The van der Waals surface area contributed by atoms with Gasteiger partial charge < -0.3 is 38.3 Å². The predicted molar refractivity (Wildman–Crippen MR) is 108 cm³/mol. The quantitative estimate of drug-likeness (QED) is 0.0966. The average molecular weight is 435 g/mol. The molecule has 0 aromatic carbocycles. The van der Waals surface area contributed by atoms with Crippen molar-refractivity contribution in [3.63, 3.8) is 0 Å². The first-order valence-corrected chi connectivity index (χ1v) is 9.70. The van der Waals surface area contributed by atoms with Crippen molar-refractivity contribution in [2.45, 2.75) is 50.2 Å². The van der Waals surface area contributed by atoms with Gasteiger partial charge in [0, 0.05) is 12.2 Å². The van der Waals surface area contributed by atoms with Crippen molar-refractivity contribution in [2.24, 2.45) is 17.2 Å². The molecule has 0 heterocycles. The third-order valence-electron chi connectivity index (χ3n) is 3.86. The van der Waals surface area contributed by atoms with Gasteiger partial charge in [0.25, 0.3) is 0 Å². The molecule has 3 unspecified atom stereocenters. The van der Waals surface area contributed by atoms with Crippen LogP contribution in [0, 0.1) is 0 Å². The van der Waals surface area contributed by atoms with E-state index in [0.29, 0.717) is 19.4 Å². The van der Waals surface area contributed by atoms with Crippen LogP contribution in [0.1, 0.15) is 32.1 Å². The van der Waals surface area contributed by atoms with Gasteiger partial charge >= 0.3 is 5.97 Å². The fourth-order valence-electron chi connectivity index (χ4n) is 2.19. The van der Waals surface area contributed by atoms with E-state index < -0.39 is 54.3 Å². The second-order valence-corrected chi connectivity index (χ2v) is 6.68. The Morgan fingerprint density at radius 2 is 1.62 bits per heavy atom. The van der Waals surface area contributed by atoms with Crippen LogP contribution in [0.4, 0.5) is 0 Å². The maximum atomic E-state index is 12.2. The molecule has 4 amide bonds. The number of unbranched alkanes of at least 4 members (excludes halogenated alkanes) is 1. The minimum absolute atomic E-state index is 0.0329. The number of carboxylic acids is 1. The number of thiol groups is 1. The molecule has 13 heteroatoms. The van der Waals surface area contributed by atoms with E-state index in [9.17, 15) is 29.1 Å². The summed E-state index contributed by atoms with van der Waals surface area (Å²) in [7, 11) is 0. The molecule has 0 radical (unpaired) electrons. The molecule has 0 aliphatic carbocycles. The van der Waals surface area contributed by atoms with Gasteiger partial charge in [-0.3, -0.25) is 19.2 Å². The third-order valence-corrected chi connectivity index (χ3v) is 4.22. The SMILES string of the molecule is NCCCCC(NC(=O)C(CS)NC(=O)CNC(=O)C(N)CCC(N)=O)C(=O)O. The molecule has 166 valence electrons. The van der Waals surface area contributed by atoms with E-state index >= 15 is 0 Å². The summed E-state index contributed by atoms with van der Waals surface area (Å²) in [6.07, 6.45) is 1.30. The second kappa shape index (κ2) is 14.6. The molecule has 3 atom stereocenters. The predicted octanol–water partition coefficient (Wildman–Crippen LogP) is -3.19. The minimum Gasteiger partial charge on any atom is -0.480 e. The van der Waals surface area contributed by atoms with Gasteiger partial charge in [0.15, 0.2) is 0 Å². The van der Waals surface area contributed by atoms with Crippen molar-refractivity contribution in [3.05, 3.63) is 0 Å². The number of amides is 4. The van der Waals surface area contributed by atoms with Crippen LogP contribution in [-0.2, 0) is 24.0 Å². The highest BCUT2D eigenvalue weighted by atomic mass is 32.1. The van der Waals surface area contributed by atoms with Crippen molar-refractivity contribution < 1.29 is 29.1 Å². The number of carbonyl (C=O) groups is 5. The highest BCUT2D eigenvalue weighted by Gasteiger charge is 2.25. The Kier molecular flexibility index (Phi) is 13.4. The largest absolute Gasteiger partial charge is 0.480 e. The first-order chi connectivity index (χ1) is 13.6. The molecule has 0 saturated carbocycles. The molecule has 0 fully saturated rings. The van der Waals surface area contributed by atoms with Gasteiger partial charge in [-0.1, -0.05) is 0 Å². The van der Waals surface area contributed by atoms with Gasteiger partial charge in [-0.15, -0.1) is 0 Å². The maximum Gasteiger partial charge on any atom is 0.326 e. The van der Waals surface area contributed by atoms with E-state index in [-0.39, 0.29) is 25.0 Å². The first kappa shape index (κ1) is 26.6. The van der Waals surface area contributed by atoms with Crippen molar-refractivity contribution in [1.29, 1.82) is 0 Å². The number of hydrogen-bond acceptors (Lipinski definition) is 8. The Bertz CT molecular complexity index is 590. The molecule has 0 saturated heterocycles. The molecule has 29 heavy (non-hydrogen) atoms. The zero-order valence-corrected chi connectivity index (χ0v) is 17.0. The van der Waals surface area contributed by atoms with Crippen LogP contribution in [0.3, 0.4) is 0 Å². The summed E-state index contributed by atoms with van der Waals surface area (Å²) >= 11 is 3.99. The summed E-state index contributed by atoms with van der Waals surface area (Å²) in [5, 5.41) is 16.2. The summed E-state index contributed by atoms with van der Waals surface area (Å²) in [5.41, 5.74) is 15.9. The van der Waals surface area contributed by atoms with Gasteiger partial charge in [0.1, 0.15) is 12.1 Å². The van der Waals surface area contributed by atoms with Gasteiger partial charge in [-0.05, 0) is 32.2 Å². The van der Waals surface area contributed by atoms with Crippen molar-refractivity contribution in [3.8, 4) is 0 Å². The lowest BCUT2D eigenvalue weighted by molar-refractivity contribution is -0.142. The van der Waals surface area contributed by atoms with Crippen LogP contribution in [0.25, 0.3) is 0 Å². The number of nitrogens with one attached hydrogen (secondary N) is 3. The van der Waals surface area contributed by atoms with Gasteiger partial charge in [-0.25, -0.2) is 4.79 Å². The van der Waals surface area contributed by atoms with Crippen LogP contribution in [0.2, 0.25) is 0 Å². The number of carbonyl (C=O) groups excluding carboxylic acids is 4. The molecule has 12 nitrogen and oxygen atoms in total. The zero-order chi connectivity index (χ0) is 22.4. The van der Waals surface area contributed by atoms with Crippen molar-refractivity contribution in [1.82, 2.24) is 16.0 Å². The highest BCUT2D eigenvalue weighted by Crippen LogP contribution is 2.02. The van der Waals surface area contributed by atoms with Crippen molar-refractivity contribution in [2.75, 3.05) is 18.8 Å². The number of carboxylic acid groups (broad SMARTS) is 1. The highest BCUT2D eigenvalue weighted by molar-refractivity contribution is 7.80. The van der Waals surface area contributed by atoms with E-state index in [1.165, 1.54) is 0 Å². The smallest absolute Gasteiger partial charge is 0.326 e. The van der Waals surface area contributed by atoms with E-state index in [4.69, 9.17) is 17.2 Å².